The fraction of sp³-hybridized carbons (Fsp3) is 0.312. The SMILES string of the molecule is CC(Cc1ccc(CC(=O)Cc2ccc(OC(F)(F)F)cc2)cc1)NC(=O)N=C1SCC(=O)N1c1ccccc1C(C)C. The maximum Gasteiger partial charge on any atom is 0.573 e. The van der Waals surface area contributed by atoms with Gasteiger partial charge in [-0.3, -0.25) is 14.5 Å². The molecule has 1 aliphatic rings. The number of alkyl halides is 3. The first-order valence-corrected chi connectivity index (χ1v) is 14.7. The highest BCUT2D eigenvalue weighted by atomic mass is 32.2. The van der Waals surface area contributed by atoms with E-state index in [1.54, 1.807) is 0 Å². The van der Waals surface area contributed by atoms with Crippen LogP contribution in [0.15, 0.2) is 77.8 Å². The molecule has 1 N–H and O–H groups in total. The highest BCUT2D eigenvalue weighted by Crippen LogP contribution is 2.33. The van der Waals surface area contributed by atoms with E-state index >= 15 is 0 Å². The lowest BCUT2D eigenvalue weighted by atomic mass is 10.00. The molecule has 3 aromatic rings. The molecule has 226 valence electrons. The molecule has 0 saturated carbocycles. The van der Waals surface area contributed by atoms with Crippen molar-refractivity contribution < 1.29 is 32.3 Å². The number of halogens is 3. The average Bonchev–Trinajstić information content (AvgIpc) is 3.29. The van der Waals surface area contributed by atoms with Gasteiger partial charge in [-0.1, -0.05) is 80.2 Å². The Morgan fingerprint density at radius 1 is 0.930 bits per heavy atom. The van der Waals surface area contributed by atoms with Crippen LogP contribution in [-0.2, 0) is 28.9 Å². The van der Waals surface area contributed by atoms with E-state index in [9.17, 15) is 27.6 Å². The van der Waals surface area contributed by atoms with Gasteiger partial charge in [-0.05, 0) is 59.7 Å². The van der Waals surface area contributed by atoms with Crippen molar-refractivity contribution in [1.82, 2.24) is 5.32 Å². The number of amides is 3. The Morgan fingerprint density at radius 3 is 2.12 bits per heavy atom. The van der Waals surface area contributed by atoms with E-state index in [0.717, 1.165) is 22.4 Å². The number of Topliss-reactive ketones (excluding diaryl/α,β-unsaturated/α-hetero) is 1. The highest BCUT2D eigenvalue weighted by molar-refractivity contribution is 8.15. The molecule has 1 fully saturated rings. The molecule has 0 aromatic heterocycles. The van der Waals surface area contributed by atoms with Crippen LogP contribution in [0.5, 0.6) is 5.75 Å². The summed E-state index contributed by atoms with van der Waals surface area (Å²) in [6, 6.07) is 19.5. The van der Waals surface area contributed by atoms with Crippen molar-refractivity contribution in [3.8, 4) is 5.75 Å². The lowest BCUT2D eigenvalue weighted by Gasteiger charge is -2.21. The molecule has 0 bridgehead atoms. The quantitative estimate of drug-likeness (QED) is 0.271. The predicted molar refractivity (Wildman–Crippen MR) is 162 cm³/mol. The van der Waals surface area contributed by atoms with Crippen LogP contribution in [0, 0.1) is 0 Å². The zero-order chi connectivity index (χ0) is 31.1. The molecule has 7 nitrogen and oxygen atoms in total. The van der Waals surface area contributed by atoms with Gasteiger partial charge in [0.05, 0.1) is 11.4 Å². The molecule has 3 amide bonds. The number of urea groups is 1. The van der Waals surface area contributed by atoms with Crippen LogP contribution in [0.2, 0.25) is 0 Å². The summed E-state index contributed by atoms with van der Waals surface area (Å²) in [7, 11) is 0. The summed E-state index contributed by atoms with van der Waals surface area (Å²) in [5.41, 5.74) is 4.09. The largest absolute Gasteiger partial charge is 0.573 e. The Hall–Kier alpha value is -4.12. The van der Waals surface area contributed by atoms with E-state index < -0.39 is 12.4 Å². The van der Waals surface area contributed by atoms with Crippen molar-refractivity contribution in [2.45, 2.75) is 58.4 Å². The zero-order valence-corrected chi connectivity index (χ0v) is 24.8. The van der Waals surface area contributed by atoms with Crippen molar-refractivity contribution in [2.24, 2.45) is 4.99 Å². The summed E-state index contributed by atoms with van der Waals surface area (Å²) in [6.45, 7) is 5.95. The van der Waals surface area contributed by atoms with E-state index in [-0.39, 0.29) is 48.0 Å². The van der Waals surface area contributed by atoms with Gasteiger partial charge >= 0.3 is 12.4 Å². The van der Waals surface area contributed by atoms with Gasteiger partial charge < -0.3 is 10.1 Å². The molecule has 0 aliphatic carbocycles. The van der Waals surface area contributed by atoms with Crippen molar-refractivity contribution in [3.05, 3.63) is 95.1 Å². The summed E-state index contributed by atoms with van der Waals surface area (Å²) < 4.78 is 40.8. The first kappa shape index (κ1) is 31.8. The van der Waals surface area contributed by atoms with Crippen molar-refractivity contribution in [3.63, 3.8) is 0 Å². The van der Waals surface area contributed by atoms with E-state index in [4.69, 9.17) is 0 Å². The lowest BCUT2D eigenvalue weighted by Crippen LogP contribution is -2.35. The first-order valence-electron chi connectivity index (χ1n) is 13.8. The Labute approximate surface area is 252 Å². The van der Waals surface area contributed by atoms with E-state index in [0.29, 0.717) is 17.2 Å². The zero-order valence-electron chi connectivity index (χ0n) is 24.0. The molecule has 1 saturated heterocycles. The topological polar surface area (TPSA) is 88.1 Å². The number of ether oxygens (including phenoxy) is 1. The van der Waals surface area contributed by atoms with E-state index in [1.165, 1.54) is 40.9 Å². The third kappa shape index (κ3) is 9.18. The number of benzene rings is 3. The Balaban J connectivity index is 1.29. The van der Waals surface area contributed by atoms with Crippen LogP contribution in [-0.4, -0.2) is 41.0 Å². The molecule has 3 aromatic carbocycles. The van der Waals surface area contributed by atoms with Crippen LogP contribution in [0.1, 0.15) is 48.9 Å². The molecule has 1 unspecified atom stereocenters. The molecular weight excluding hydrogens is 579 g/mol. The second-order valence-corrected chi connectivity index (χ2v) is 11.5. The van der Waals surface area contributed by atoms with Crippen LogP contribution in [0.25, 0.3) is 0 Å². The van der Waals surface area contributed by atoms with Gasteiger partial charge in [-0.2, -0.15) is 4.99 Å². The molecule has 43 heavy (non-hydrogen) atoms. The Bertz CT molecular complexity index is 1490. The number of nitrogens with zero attached hydrogens (tertiary/aromatic N) is 2. The van der Waals surface area contributed by atoms with Crippen molar-refractivity contribution in [2.75, 3.05) is 10.7 Å². The number of nitrogens with one attached hydrogen (secondary N) is 1. The second-order valence-electron chi connectivity index (χ2n) is 10.6. The van der Waals surface area contributed by atoms with E-state index in [1.807, 2.05) is 69.3 Å². The third-order valence-corrected chi connectivity index (χ3v) is 7.58. The fourth-order valence-electron chi connectivity index (χ4n) is 4.72. The standard InChI is InChI=1S/C32H32F3N3O4S/c1-20(2)27-6-4-5-7-28(27)38-29(40)19-43-31(38)37-30(41)36-21(3)16-22-8-10-23(11-9-22)17-25(39)18-24-12-14-26(15-13-24)42-32(33,34)35/h4-15,20-21H,16-19H2,1-3H3,(H,36,41). The summed E-state index contributed by atoms with van der Waals surface area (Å²) in [6.07, 6.45) is -3.97. The highest BCUT2D eigenvalue weighted by Gasteiger charge is 2.32. The van der Waals surface area contributed by atoms with Gasteiger partial charge in [-0.25, -0.2) is 4.79 Å². The summed E-state index contributed by atoms with van der Waals surface area (Å²) >= 11 is 1.23. The first-order chi connectivity index (χ1) is 20.4. The maximum absolute atomic E-state index is 12.8. The predicted octanol–water partition coefficient (Wildman–Crippen LogP) is 6.84. The van der Waals surface area contributed by atoms with Crippen LogP contribution in [0.4, 0.5) is 23.7 Å². The number of aliphatic imine (C=N–C) groups is 1. The molecule has 1 heterocycles. The number of para-hydroxylation sites is 1. The number of hydrogen-bond acceptors (Lipinski definition) is 5. The normalized spacial score (nSPS) is 15.2. The summed E-state index contributed by atoms with van der Waals surface area (Å²) in [5, 5.41) is 3.22. The van der Waals surface area contributed by atoms with Gasteiger partial charge in [0.15, 0.2) is 5.17 Å². The Kier molecular flexibility index (Phi) is 10.3. The van der Waals surface area contributed by atoms with Crippen molar-refractivity contribution >= 4 is 40.3 Å². The number of rotatable bonds is 10. The number of carbonyl (C=O) groups is 3. The van der Waals surface area contributed by atoms with Crippen LogP contribution >= 0.6 is 11.8 Å². The number of hydrogen-bond donors (Lipinski definition) is 1. The lowest BCUT2D eigenvalue weighted by molar-refractivity contribution is -0.274. The molecular formula is C32H32F3N3O4S. The molecule has 4 rings (SSSR count). The van der Waals surface area contributed by atoms with Gasteiger partial charge in [0.2, 0.25) is 5.91 Å². The maximum atomic E-state index is 12.8. The molecule has 0 radical (unpaired) electrons. The molecule has 0 spiro atoms. The monoisotopic (exact) mass is 611 g/mol. The number of amidine groups is 1. The number of anilines is 1. The van der Waals surface area contributed by atoms with Gasteiger partial charge in [0.25, 0.3) is 0 Å². The molecule has 1 atom stereocenters. The minimum atomic E-state index is -4.76. The number of thioether (sulfide) groups is 1. The van der Waals surface area contributed by atoms with Crippen LogP contribution in [0.3, 0.4) is 0 Å². The number of ketones is 1. The van der Waals surface area contributed by atoms with Crippen LogP contribution < -0.4 is 15.0 Å². The minimum Gasteiger partial charge on any atom is -0.406 e. The van der Waals surface area contributed by atoms with E-state index in [2.05, 4.69) is 15.0 Å². The molecule has 1 aliphatic heterocycles. The number of carbonyl (C=O) groups excluding carboxylic acids is 3. The van der Waals surface area contributed by atoms with Gasteiger partial charge in [-0.15, -0.1) is 13.2 Å². The average molecular weight is 612 g/mol. The second kappa shape index (κ2) is 13.9. The third-order valence-electron chi connectivity index (χ3n) is 6.66. The fourth-order valence-corrected chi connectivity index (χ4v) is 5.57. The minimum absolute atomic E-state index is 0.0784. The van der Waals surface area contributed by atoms with Gasteiger partial charge in [0.1, 0.15) is 11.5 Å². The smallest absolute Gasteiger partial charge is 0.406 e. The van der Waals surface area contributed by atoms with Crippen molar-refractivity contribution in [1.29, 1.82) is 0 Å². The van der Waals surface area contributed by atoms with Gasteiger partial charge in [0, 0.05) is 18.9 Å². The summed E-state index contributed by atoms with van der Waals surface area (Å²) in [5.74, 6) is -0.127. The molecule has 11 heteroatoms. The summed E-state index contributed by atoms with van der Waals surface area (Å²) in [4.78, 5) is 43.7. The Morgan fingerprint density at radius 2 is 1.51 bits per heavy atom.